The van der Waals surface area contributed by atoms with Gasteiger partial charge in [0.2, 0.25) is 0 Å². The van der Waals surface area contributed by atoms with Gasteiger partial charge in [0, 0.05) is 16.5 Å². The van der Waals surface area contributed by atoms with Crippen LogP contribution in [0.5, 0.6) is 0 Å². The normalized spacial score (nSPS) is 13.2. The Labute approximate surface area is 300 Å². The van der Waals surface area contributed by atoms with Crippen molar-refractivity contribution in [3.8, 4) is 11.1 Å². The summed E-state index contributed by atoms with van der Waals surface area (Å²) in [5, 5.41) is 4.32. The smallest absolute Gasteiger partial charge is 0.137 e. The van der Waals surface area contributed by atoms with Gasteiger partial charge in [0.1, 0.15) is 22.3 Å². The minimum atomic E-state index is -0.473. The van der Waals surface area contributed by atoms with Crippen LogP contribution in [0.2, 0.25) is 0 Å². The van der Waals surface area contributed by atoms with Crippen molar-refractivity contribution >= 4 is 60.9 Å². The molecule has 3 heteroatoms. The Morgan fingerprint density at radius 2 is 0.846 bits per heavy atom. The van der Waals surface area contributed by atoms with Crippen LogP contribution in [0.3, 0.4) is 0 Å². The minimum absolute atomic E-state index is 0.473. The molecule has 0 spiro atoms. The van der Waals surface area contributed by atoms with Crippen LogP contribution in [0.4, 0.5) is 17.1 Å². The lowest BCUT2D eigenvalue weighted by Crippen LogP contribution is -2.28. The van der Waals surface area contributed by atoms with Crippen LogP contribution >= 0.6 is 0 Å². The molecule has 0 N–H and O–H groups in total. The van der Waals surface area contributed by atoms with Gasteiger partial charge in [0.15, 0.2) is 0 Å². The highest BCUT2D eigenvalue weighted by molar-refractivity contribution is 6.18. The maximum Gasteiger partial charge on any atom is 0.137 e. The number of hydrogen-bond acceptors (Lipinski definition) is 3. The first kappa shape index (κ1) is 28.9. The minimum Gasteiger partial charge on any atom is -0.456 e. The summed E-state index contributed by atoms with van der Waals surface area (Å²) in [6.07, 6.45) is 0. The van der Waals surface area contributed by atoms with Gasteiger partial charge in [-0.1, -0.05) is 140 Å². The van der Waals surface area contributed by atoms with Crippen molar-refractivity contribution in [2.45, 2.75) is 5.41 Å². The SMILES string of the molecule is c1ccc(C2(c3ccccc3)c3ccccc3-c3cc(N(c4cccc5oc6ccccc6c45)c4cccc5oc6ccccc6c45)ccc32)cc1. The Hall–Kier alpha value is -6.84. The average Bonchev–Trinajstić information content (AvgIpc) is 3.88. The largest absolute Gasteiger partial charge is 0.456 e. The van der Waals surface area contributed by atoms with E-state index < -0.39 is 5.41 Å². The molecule has 0 bridgehead atoms. The van der Waals surface area contributed by atoms with Crippen LogP contribution in [0.1, 0.15) is 22.3 Å². The van der Waals surface area contributed by atoms with Gasteiger partial charge in [-0.3, -0.25) is 0 Å². The molecule has 0 atom stereocenters. The molecule has 0 amide bonds. The van der Waals surface area contributed by atoms with Crippen molar-refractivity contribution in [3.05, 3.63) is 210 Å². The van der Waals surface area contributed by atoms with Crippen LogP contribution in [0.25, 0.3) is 55.0 Å². The molecule has 8 aromatic carbocycles. The predicted octanol–water partition coefficient (Wildman–Crippen LogP) is 13.3. The number of nitrogens with zero attached hydrogens (tertiary/aromatic N) is 1. The van der Waals surface area contributed by atoms with E-state index in [1.807, 2.05) is 24.3 Å². The lowest BCUT2D eigenvalue weighted by molar-refractivity contribution is 0.668. The van der Waals surface area contributed by atoms with E-state index in [2.05, 4.69) is 169 Å². The molecule has 0 saturated heterocycles. The van der Waals surface area contributed by atoms with Crippen molar-refractivity contribution in [3.63, 3.8) is 0 Å². The molecule has 11 rings (SSSR count). The Morgan fingerprint density at radius 3 is 1.44 bits per heavy atom. The molecular weight excluding hydrogens is 635 g/mol. The Kier molecular flexibility index (Phi) is 6.17. The van der Waals surface area contributed by atoms with E-state index in [0.717, 1.165) is 60.9 Å². The van der Waals surface area contributed by atoms with E-state index in [4.69, 9.17) is 8.83 Å². The van der Waals surface area contributed by atoms with Gasteiger partial charge in [-0.25, -0.2) is 0 Å². The summed E-state index contributed by atoms with van der Waals surface area (Å²) in [5.41, 5.74) is 13.6. The summed E-state index contributed by atoms with van der Waals surface area (Å²) in [7, 11) is 0. The monoisotopic (exact) mass is 665 g/mol. The third-order valence-corrected chi connectivity index (χ3v) is 10.9. The van der Waals surface area contributed by atoms with Crippen LogP contribution < -0.4 is 4.90 Å². The summed E-state index contributed by atoms with van der Waals surface area (Å²) in [4.78, 5) is 2.41. The molecule has 0 saturated carbocycles. The number of furan rings is 2. The number of benzene rings is 8. The lowest BCUT2D eigenvalue weighted by Gasteiger charge is -2.34. The molecule has 2 aromatic heterocycles. The zero-order valence-electron chi connectivity index (χ0n) is 28.2. The van der Waals surface area contributed by atoms with Crippen molar-refractivity contribution in [2.24, 2.45) is 0 Å². The molecule has 244 valence electrons. The predicted molar refractivity (Wildman–Crippen MR) is 213 cm³/mol. The number of rotatable bonds is 5. The van der Waals surface area contributed by atoms with Crippen LogP contribution in [-0.2, 0) is 5.41 Å². The summed E-state index contributed by atoms with van der Waals surface area (Å²) in [6.45, 7) is 0. The van der Waals surface area contributed by atoms with E-state index in [9.17, 15) is 0 Å². The summed E-state index contributed by atoms with van der Waals surface area (Å²) in [5.74, 6) is 0. The maximum absolute atomic E-state index is 6.46. The van der Waals surface area contributed by atoms with E-state index in [0.29, 0.717) is 0 Å². The third-order valence-electron chi connectivity index (χ3n) is 10.9. The zero-order chi connectivity index (χ0) is 34.2. The standard InChI is InChI=1S/C49H31NO2/c1-3-15-32(16-4-1)49(33-17-5-2-6-18-33)39-22-10-7-19-35(39)38-31-34(29-30-40(38)49)50(41-23-13-27-45-47(41)36-20-8-11-25-43(36)51-45)42-24-14-28-46-48(42)37-21-9-12-26-44(37)52-46/h1-31H. The van der Waals surface area contributed by atoms with Crippen LogP contribution in [0.15, 0.2) is 197 Å². The molecule has 0 unspecified atom stereocenters. The molecule has 3 nitrogen and oxygen atoms in total. The second-order valence-corrected chi connectivity index (χ2v) is 13.6. The van der Waals surface area contributed by atoms with Crippen molar-refractivity contribution in [1.29, 1.82) is 0 Å². The molecule has 10 aromatic rings. The fourth-order valence-corrected chi connectivity index (χ4v) is 8.87. The van der Waals surface area contributed by atoms with Crippen molar-refractivity contribution < 1.29 is 8.83 Å². The fraction of sp³-hybridized carbons (Fsp3) is 0.0204. The summed E-state index contributed by atoms with van der Waals surface area (Å²) < 4.78 is 12.9. The molecule has 0 radical (unpaired) electrons. The van der Waals surface area contributed by atoms with E-state index in [1.54, 1.807) is 0 Å². The second-order valence-electron chi connectivity index (χ2n) is 13.6. The second kappa shape index (κ2) is 11.1. The zero-order valence-corrected chi connectivity index (χ0v) is 28.2. The van der Waals surface area contributed by atoms with Crippen LogP contribution in [-0.4, -0.2) is 0 Å². The fourth-order valence-electron chi connectivity index (χ4n) is 8.87. The molecule has 1 aliphatic carbocycles. The van der Waals surface area contributed by atoms with Gasteiger partial charge >= 0.3 is 0 Å². The summed E-state index contributed by atoms with van der Waals surface area (Å²) in [6, 6.07) is 67.3. The molecular formula is C49H31NO2. The summed E-state index contributed by atoms with van der Waals surface area (Å²) >= 11 is 0. The van der Waals surface area contributed by atoms with Crippen molar-refractivity contribution in [2.75, 3.05) is 4.90 Å². The number of fused-ring (bicyclic) bond motifs is 9. The first-order chi connectivity index (χ1) is 25.8. The first-order valence-electron chi connectivity index (χ1n) is 17.8. The quantitative estimate of drug-likeness (QED) is 0.183. The highest BCUT2D eigenvalue weighted by Gasteiger charge is 2.46. The lowest BCUT2D eigenvalue weighted by atomic mass is 9.68. The van der Waals surface area contributed by atoms with Crippen molar-refractivity contribution in [1.82, 2.24) is 0 Å². The molecule has 1 aliphatic rings. The Bertz CT molecular complexity index is 2820. The van der Waals surface area contributed by atoms with Gasteiger partial charge in [-0.2, -0.15) is 0 Å². The average molecular weight is 666 g/mol. The molecule has 0 aliphatic heterocycles. The number of para-hydroxylation sites is 2. The molecule has 0 fully saturated rings. The molecule has 2 heterocycles. The van der Waals surface area contributed by atoms with Gasteiger partial charge in [0.25, 0.3) is 0 Å². The Balaban J connectivity index is 1.25. The highest BCUT2D eigenvalue weighted by Crippen LogP contribution is 2.57. The van der Waals surface area contributed by atoms with Gasteiger partial charge in [-0.05, 0) is 81.9 Å². The van der Waals surface area contributed by atoms with Gasteiger partial charge < -0.3 is 13.7 Å². The first-order valence-corrected chi connectivity index (χ1v) is 17.8. The Morgan fingerprint density at radius 1 is 0.365 bits per heavy atom. The number of hydrogen-bond donors (Lipinski definition) is 0. The van der Waals surface area contributed by atoms with E-state index in [-0.39, 0.29) is 0 Å². The highest BCUT2D eigenvalue weighted by atomic mass is 16.3. The van der Waals surface area contributed by atoms with Gasteiger partial charge in [0.05, 0.1) is 27.6 Å². The topological polar surface area (TPSA) is 29.5 Å². The number of anilines is 3. The third kappa shape index (κ3) is 3.96. The maximum atomic E-state index is 6.46. The van der Waals surface area contributed by atoms with Crippen LogP contribution in [0, 0.1) is 0 Å². The van der Waals surface area contributed by atoms with E-state index >= 15 is 0 Å². The van der Waals surface area contributed by atoms with E-state index in [1.165, 1.54) is 33.4 Å². The molecule has 52 heavy (non-hydrogen) atoms. The van der Waals surface area contributed by atoms with Gasteiger partial charge in [-0.15, -0.1) is 0 Å².